The van der Waals surface area contributed by atoms with E-state index in [0.29, 0.717) is 6.42 Å². The molecule has 2 bridgehead atoms. The first-order valence-corrected chi connectivity index (χ1v) is 9.52. The average Bonchev–Trinajstić information content (AvgIpc) is 2.98. The first-order chi connectivity index (χ1) is 12.3. The van der Waals surface area contributed by atoms with Crippen molar-refractivity contribution >= 4 is 18.0 Å². The first-order valence-electron chi connectivity index (χ1n) is 9.52. The number of amides is 2. The molecule has 5 atom stereocenters. The molecule has 8 nitrogen and oxygen atoms in total. The maximum absolute atomic E-state index is 13.5. The molecule has 0 aromatic rings. The van der Waals surface area contributed by atoms with Crippen LogP contribution < -0.4 is 10.6 Å². The van der Waals surface area contributed by atoms with Crippen LogP contribution >= 0.6 is 0 Å². The van der Waals surface area contributed by atoms with Crippen molar-refractivity contribution in [2.75, 3.05) is 7.11 Å². The molecule has 3 fully saturated rings. The third kappa shape index (κ3) is 3.07. The number of hydrogen-bond acceptors (Lipinski definition) is 6. The van der Waals surface area contributed by atoms with Crippen LogP contribution in [0, 0.1) is 11.8 Å². The molecule has 3 rings (SSSR count). The van der Waals surface area contributed by atoms with Crippen molar-refractivity contribution in [2.24, 2.45) is 11.8 Å². The summed E-state index contributed by atoms with van der Waals surface area (Å²) in [4.78, 5) is 39.9. The van der Waals surface area contributed by atoms with Gasteiger partial charge >= 0.3 is 12.1 Å². The highest BCUT2D eigenvalue weighted by Gasteiger charge is 2.69. The first kappa shape index (κ1) is 19.9. The summed E-state index contributed by atoms with van der Waals surface area (Å²) < 4.78 is 10.3. The summed E-state index contributed by atoms with van der Waals surface area (Å²) >= 11 is 0. The van der Waals surface area contributed by atoms with E-state index in [1.807, 2.05) is 13.8 Å². The van der Waals surface area contributed by atoms with Crippen LogP contribution in [0.25, 0.3) is 0 Å². The predicted molar refractivity (Wildman–Crippen MR) is 97.6 cm³/mol. The minimum Gasteiger partial charge on any atom is -0.467 e. The summed E-state index contributed by atoms with van der Waals surface area (Å²) in [5.74, 6) is -0.414. The van der Waals surface area contributed by atoms with E-state index in [-0.39, 0.29) is 17.7 Å². The fourth-order valence-corrected chi connectivity index (χ4v) is 5.10. The fourth-order valence-electron chi connectivity index (χ4n) is 5.10. The number of hydrogen-bond donors (Lipinski definition) is 2. The van der Waals surface area contributed by atoms with Gasteiger partial charge in [0.25, 0.3) is 0 Å². The Bertz CT molecular complexity index is 671. The van der Waals surface area contributed by atoms with Crippen LogP contribution in [0.1, 0.15) is 54.4 Å². The minimum atomic E-state index is -0.850. The third-order valence-electron chi connectivity index (χ3n) is 6.05. The van der Waals surface area contributed by atoms with Gasteiger partial charge in [-0.05, 0) is 59.3 Å². The second-order valence-corrected chi connectivity index (χ2v) is 9.63. The van der Waals surface area contributed by atoms with E-state index < -0.39 is 40.9 Å². The van der Waals surface area contributed by atoms with E-state index in [1.54, 1.807) is 25.7 Å². The van der Waals surface area contributed by atoms with E-state index in [0.717, 1.165) is 6.42 Å². The fraction of sp³-hybridized carbons (Fsp3) is 0.842. The molecule has 152 valence electrons. The summed E-state index contributed by atoms with van der Waals surface area (Å²) in [5.41, 5.74) is -1.95. The Hall–Kier alpha value is -1.83. The van der Waals surface area contributed by atoms with E-state index in [4.69, 9.17) is 9.47 Å². The zero-order valence-corrected chi connectivity index (χ0v) is 17.2. The van der Waals surface area contributed by atoms with Crippen molar-refractivity contribution in [2.45, 2.75) is 83.3 Å². The van der Waals surface area contributed by atoms with Gasteiger partial charge in [-0.25, -0.2) is 9.59 Å². The number of methoxy groups -OCH3 is 1. The van der Waals surface area contributed by atoms with Gasteiger partial charge in [-0.1, -0.05) is 6.92 Å². The number of piperidine rings is 1. The van der Waals surface area contributed by atoms with Crippen LogP contribution in [0.4, 0.5) is 4.79 Å². The van der Waals surface area contributed by atoms with Crippen molar-refractivity contribution < 1.29 is 23.9 Å². The van der Waals surface area contributed by atoms with E-state index in [9.17, 15) is 14.4 Å². The number of carbonyl (C=O) groups excluding carboxylic acids is 3. The lowest BCUT2D eigenvalue weighted by molar-refractivity contribution is -0.171. The van der Waals surface area contributed by atoms with Crippen molar-refractivity contribution in [3.63, 3.8) is 0 Å². The molecule has 2 saturated heterocycles. The quantitative estimate of drug-likeness (QED) is 0.702. The van der Waals surface area contributed by atoms with Crippen molar-refractivity contribution in [3.8, 4) is 0 Å². The van der Waals surface area contributed by atoms with Gasteiger partial charge in [-0.3, -0.25) is 10.1 Å². The molecule has 1 aliphatic carbocycles. The molecule has 0 aromatic heterocycles. The van der Waals surface area contributed by atoms with E-state index in [2.05, 4.69) is 17.6 Å². The van der Waals surface area contributed by atoms with Gasteiger partial charge in [0.05, 0.1) is 12.8 Å². The number of ether oxygens (including phenoxy) is 2. The summed E-state index contributed by atoms with van der Waals surface area (Å²) in [6.07, 6.45) is 0.915. The van der Waals surface area contributed by atoms with Crippen LogP contribution in [-0.4, -0.2) is 58.9 Å². The van der Waals surface area contributed by atoms with Gasteiger partial charge in [0.1, 0.15) is 17.7 Å². The van der Waals surface area contributed by atoms with Gasteiger partial charge in [0, 0.05) is 5.54 Å². The van der Waals surface area contributed by atoms with E-state index in [1.165, 1.54) is 7.11 Å². The van der Waals surface area contributed by atoms with Gasteiger partial charge in [-0.2, -0.15) is 0 Å². The number of fused-ring (bicyclic) bond motifs is 1. The second kappa shape index (κ2) is 6.09. The highest BCUT2D eigenvalue weighted by atomic mass is 16.6. The standard InChI is InChI=1S/C19H31N3O5/c1-10-8-11-9-19(10)21-18(5,6)13(20-16(25)27-17(2,3)4)14(23)22(19)12(11)15(24)26-7/h10-13,21H,8-9H2,1-7H3,(H,20,25)/t10?,11-,12-,13+,19-/m0/s1. The lowest BCUT2D eigenvalue weighted by Crippen LogP contribution is -2.81. The molecule has 2 N–H and O–H groups in total. The van der Waals surface area contributed by atoms with Crippen molar-refractivity contribution in [3.05, 3.63) is 0 Å². The number of alkyl carbamates (subject to hydrolysis) is 1. The van der Waals surface area contributed by atoms with Crippen LogP contribution in [0.3, 0.4) is 0 Å². The molecule has 2 amide bonds. The molecule has 1 saturated carbocycles. The van der Waals surface area contributed by atoms with Crippen molar-refractivity contribution in [1.29, 1.82) is 0 Å². The summed E-state index contributed by atoms with van der Waals surface area (Å²) in [6.45, 7) is 11.2. The van der Waals surface area contributed by atoms with Gasteiger partial charge in [0.2, 0.25) is 5.91 Å². The molecule has 1 unspecified atom stereocenters. The molecular weight excluding hydrogens is 350 g/mol. The normalized spacial score (nSPS) is 37.0. The van der Waals surface area contributed by atoms with Crippen LogP contribution in [-0.2, 0) is 19.1 Å². The van der Waals surface area contributed by atoms with E-state index >= 15 is 0 Å². The Morgan fingerprint density at radius 3 is 2.48 bits per heavy atom. The summed E-state index contributed by atoms with van der Waals surface area (Å²) in [7, 11) is 1.34. The monoisotopic (exact) mass is 381 g/mol. The zero-order chi connectivity index (χ0) is 20.4. The smallest absolute Gasteiger partial charge is 0.408 e. The Balaban J connectivity index is 1.92. The number of rotatable bonds is 2. The van der Waals surface area contributed by atoms with Crippen molar-refractivity contribution in [1.82, 2.24) is 15.5 Å². The summed E-state index contributed by atoms with van der Waals surface area (Å²) in [5, 5.41) is 6.30. The molecule has 2 aliphatic heterocycles. The summed E-state index contributed by atoms with van der Waals surface area (Å²) in [6, 6.07) is -1.47. The number of nitrogens with zero attached hydrogens (tertiary/aromatic N) is 1. The van der Waals surface area contributed by atoms with Crippen LogP contribution in [0.2, 0.25) is 0 Å². The SMILES string of the molecule is COC(=O)[C@@H]1[C@H]2CC(C)[C@@]3(C2)NC(C)(C)[C@H](NC(=O)OC(C)(C)C)C(=O)N13. The molecule has 1 spiro atoms. The molecule has 27 heavy (non-hydrogen) atoms. The lowest BCUT2D eigenvalue weighted by Gasteiger charge is -2.56. The molecular formula is C19H31N3O5. The predicted octanol–water partition coefficient (Wildman–Crippen LogP) is 1.39. The number of nitrogens with one attached hydrogen (secondary N) is 2. The minimum absolute atomic E-state index is 0.0555. The molecule has 0 aromatic carbocycles. The maximum Gasteiger partial charge on any atom is 0.408 e. The van der Waals surface area contributed by atoms with Gasteiger partial charge in [0.15, 0.2) is 0 Å². The number of carbonyl (C=O) groups is 3. The molecule has 8 heteroatoms. The van der Waals surface area contributed by atoms with Gasteiger partial charge < -0.3 is 19.7 Å². The Morgan fingerprint density at radius 2 is 1.93 bits per heavy atom. The second-order valence-electron chi connectivity index (χ2n) is 9.63. The Kier molecular flexibility index (Phi) is 4.49. The topological polar surface area (TPSA) is 97.0 Å². The maximum atomic E-state index is 13.5. The molecule has 0 radical (unpaired) electrons. The Labute approximate surface area is 160 Å². The largest absolute Gasteiger partial charge is 0.467 e. The average molecular weight is 381 g/mol. The molecule has 2 heterocycles. The highest BCUT2D eigenvalue weighted by molar-refractivity contribution is 5.93. The zero-order valence-electron chi connectivity index (χ0n) is 17.2. The van der Waals surface area contributed by atoms with Crippen LogP contribution in [0.5, 0.6) is 0 Å². The van der Waals surface area contributed by atoms with Gasteiger partial charge in [-0.15, -0.1) is 0 Å². The number of esters is 1. The Morgan fingerprint density at radius 1 is 1.30 bits per heavy atom. The molecule has 3 aliphatic rings. The van der Waals surface area contributed by atoms with Crippen LogP contribution in [0.15, 0.2) is 0 Å². The lowest BCUT2D eigenvalue weighted by atomic mass is 9.81. The third-order valence-corrected chi connectivity index (χ3v) is 6.05. The highest BCUT2D eigenvalue weighted by Crippen LogP contribution is 2.55.